The summed E-state index contributed by atoms with van der Waals surface area (Å²) in [4.78, 5) is 8.33. The predicted molar refractivity (Wildman–Crippen MR) is 139 cm³/mol. The van der Waals surface area contributed by atoms with E-state index in [-0.39, 0.29) is 6.04 Å². The number of H-pyrrole nitrogens is 1. The van der Waals surface area contributed by atoms with Crippen LogP contribution in [0.25, 0.3) is 11.4 Å². The van der Waals surface area contributed by atoms with Crippen LogP contribution in [0.5, 0.6) is 0 Å². The number of imidazole rings is 1. The normalized spacial score (nSPS) is 13.3. The van der Waals surface area contributed by atoms with E-state index in [1.165, 1.54) is 16.7 Å². The van der Waals surface area contributed by atoms with Crippen molar-refractivity contribution in [3.8, 4) is 11.4 Å². The quantitative estimate of drug-likeness (QED) is 0.357. The van der Waals surface area contributed by atoms with Gasteiger partial charge in [0.2, 0.25) is 0 Å². The maximum atomic E-state index is 4.89. The van der Waals surface area contributed by atoms with Crippen molar-refractivity contribution in [3.05, 3.63) is 137 Å². The third-order valence-electron chi connectivity index (χ3n) is 6.08. The highest BCUT2D eigenvalue weighted by Gasteiger charge is 2.20. The van der Waals surface area contributed by atoms with Crippen LogP contribution < -0.4 is 0 Å². The highest BCUT2D eigenvalue weighted by molar-refractivity contribution is 5.80. The number of nitrogens with one attached hydrogen (secondary N) is 1. The molecule has 4 heteroatoms. The van der Waals surface area contributed by atoms with Crippen LogP contribution in [0.15, 0.2) is 114 Å². The summed E-state index contributed by atoms with van der Waals surface area (Å²) in [5.41, 5.74) is 7.98. The lowest BCUT2D eigenvalue weighted by Gasteiger charge is -2.27. The van der Waals surface area contributed by atoms with Gasteiger partial charge in [0.1, 0.15) is 11.9 Å². The lowest BCUT2D eigenvalue weighted by Crippen LogP contribution is -2.19. The van der Waals surface area contributed by atoms with E-state index in [2.05, 4.69) is 104 Å². The van der Waals surface area contributed by atoms with Gasteiger partial charge < -0.3 is 4.98 Å². The number of hydrogen-bond donors (Lipinski definition) is 1. The lowest BCUT2D eigenvalue weighted by molar-refractivity contribution is 0.336. The first-order valence-corrected chi connectivity index (χ1v) is 11.6. The number of aryl methyl sites for hydroxylation is 2. The van der Waals surface area contributed by atoms with Gasteiger partial charge in [0.05, 0.1) is 11.9 Å². The predicted octanol–water partition coefficient (Wildman–Crippen LogP) is 6.77. The van der Waals surface area contributed by atoms with Crippen LogP contribution in [0.2, 0.25) is 0 Å². The van der Waals surface area contributed by atoms with Crippen LogP contribution in [0.4, 0.5) is 0 Å². The Bertz CT molecular complexity index is 1290. The summed E-state index contributed by atoms with van der Waals surface area (Å²) in [6.45, 7) is 4.18. The molecule has 0 fully saturated rings. The van der Waals surface area contributed by atoms with Gasteiger partial charge in [-0.15, -0.1) is 0 Å². The van der Waals surface area contributed by atoms with Crippen molar-refractivity contribution < 1.29 is 0 Å². The largest absolute Gasteiger partial charge is 0.342 e. The minimum absolute atomic E-state index is 0.00269. The van der Waals surface area contributed by atoms with E-state index in [4.69, 9.17) is 10.1 Å². The van der Waals surface area contributed by atoms with Crippen LogP contribution in [0.1, 0.15) is 34.1 Å². The molecule has 4 aromatic rings. The Kier molecular flexibility index (Phi) is 6.21. The zero-order valence-electron chi connectivity index (χ0n) is 19.5. The first-order chi connectivity index (χ1) is 16.7. The Balaban J connectivity index is 1.38. The molecular formula is C30H28N4. The molecule has 0 saturated heterocycles. The maximum Gasteiger partial charge on any atom is 0.137 e. The summed E-state index contributed by atoms with van der Waals surface area (Å²) >= 11 is 0. The van der Waals surface area contributed by atoms with E-state index >= 15 is 0 Å². The summed E-state index contributed by atoms with van der Waals surface area (Å²) in [5.74, 6) is 0.907. The smallest absolute Gasteiger partial charge is 0.137 e. The number of allylic oxidation sites excluding steroid dienone is 3. The average molecular weight is 445 g/mol. The molecule has 0 radical (unpaired) electrons. The van der Waals surface area contributed by atoms with Gasteiger partial charge in [-0.05, 0) is 36.6 Å². The molecule has 0 atom stereocenters. The first kappa shape index (κ1) is 21.7. The molecule has 0 bridgehead atoms. The molecule has 3 aromatic carbocycles. The second kappa shape index (κ2) is 9.75. The van der Waals surface area contributed by atoms with E-state index in [1.54, 1.807) is 0 Å². The van der Waals surface area contributed by atoms with Gasteiger partial charge in [0.25, 0.3) is 0 Å². The molecule has 1 aliphatic heterocycles. The van der Waals surface area contributed by atoms with Gasteiger partial charge in [-0.3, -0.25) is 5.01 Å². The van der Waals surface area contributed by atoms with Crippen molar-refractivity contribution >= 4 is 6.21 Å². The van der Waals surface area contributed by atoms with Crippen molar-refractivity contribution in [3.63, 3.8) is 0 Å². The molecule has 4 nitrogen and oxygen atoms in total. The van der Waals surface area contributed by atoms with Crippen molar-refractivity contribution in [1.29, 1.82) is 0 Å². The van der Waals surface area contributed by atoms with Gasteiger partial charge in [-0.2, -0.15) is 5.10 Å². The molecule has 34 heavy (non-hydrogen) atoms. The van der Waals surface area contributed by atoms with Crippen molar-refractivity contribution in [2.75, 3.05) is 0 Å². The molecule has 0 spiro atoms. The number of hydrogen-bond acceptors (Lipinski definition) is 3. The monoisotopic (exact) mass is 444 g/mol. The maximum absolute atomic E-state index is 4.89. The summed E-state index contributed by atoms with van der Waals surface area (Å²) in [7, 11) is 0. The highest BCUT2D eigenvalue weighted by Crippen LogP contribution is 2.30. The fourth-order valence-corrected chi connectivity index (χ4v) is 4.21. The van der Waals surface area contributed by atoms with Crippen LogP contribution >= 0.6 is 0 Å². The third kappa shape index (κ3) is 4.76. The number of aromatic nitrogens is 2. The molecule has 0 aliphatic carbocycles. The van der Waals surface area contributed by atoms with Crippen molar-refractivity contribution in [1.82, 2.24) is 15.0 Å². The van der Waals surface area contributed by atoms with Gasteiger partial charge in [-0.1, -0.05) is 96.6 Å². The summed E-state index contributed by atoms with van der Waals surface area (Å²) in [6.07, 6.45) is 8.92. The standard InChI is InChI=1S/C30H28N4/c1-22-15-17-27(18-16-22)30-32-23(2)28(33-30)20-24-10-9-19-34(31-21-24)29(25-11-5-3-6-12-25)26-13-7-4-8-14-26/h3-19,21,29H,20H2,1-2H3,(H,32,33). The number of aromatic amines is 1. The first-order valence-electron chi connectivity index (χ1n) is 11.6. The zero-order chi connectivity index (χ0) is 23.3. The minimum Gasteiger partial charge on any atom is -0.342 e. The Morgan fingerprint density at radius 2 is 1.47 bits per heavy atom. The molecular weight excluding hydrogens is 416 g/mol. The van der Waals surface area contributed by atoms with Gasteiger partial charge in [0, 0.05) is 23.9 Å². The molecule has 1 N–H and O–H groups in total. The third-order valence-corrected chi connectivity index (χ3v) is 6.08. The second-order valence-electron chi connectivity index (χ2n) is 8.63. The SMILES string of the molecule is Cc1ccc(-c2nc(CC3=CC=CN(C(c4ccccc4)c4ccccc4)N=C3)c(C)[nH]2)cc1. The van der Waals surface area contributed by atoms with Crippen molar-refractivity contribution in [2.24, 2.45) is 5.10 Å². The highest BCUT2D eigenvalue weighted by atomic mass is 15.5. The van der Waals surface area contributed by atoms with Crippen LogP contribution in [0, 0.1) is 13.8 Å². The van der Waals surface area contributed by atoms with E-state index in [0.717, 1.165) is 34.8 Å². The number of nitrogens with zero attached hydrogens (tertiary/aromatic N) is 3. The Morgan fingerprint density at radius 1 is 0.824 bits per heavy atom. The van der Waals surface area contributed by atoms with Crippen LogP contribution in [-0.4, -0.2) is 21.2 Å². The topological polar surface area (TPSA) is 44.3 Å². The molecule has 2 heterocycles. The average Bonchev–Trinajstić information content (AvgIpc) is 3.08. The molecule has 0 unspecified atom stereocenters. The molecule has 1 aromatic heterocycles. The van der Waals surface area contributed by atoms with Crippen LogP contribution in [0.3, 0.4) is 0 Å². The lowest BCUT2D eigenvalue weighted by atomic mass is 9.98. The summed E-state index contributed by atoms with van der Waals surface area (Å²) in [5, 5.41) is 6.90. The Labute approximate surface area is 201 Å². The van der Waals surface area contributed by atoms with E-state index in [0.29, 0.717) is 0 Å². The van der Waals surface area contributed by atoms with E-state index in [9.17, 15) is 0 Å². The van der Waals surface area contributed by atoms with Crippen molar-refractivity contribution in [2.45, 2.75) is 26.3 Å². The molecule has 0 saturated carbocycles. The fraction of sp³-hybridized carbons (Fsp3) is 0.133. The molecule has 0 amide bonds. The molecule has 1 aliphatic rings. The second-order valence-corrected chi connectivity index (χ2v) is 8.63. The zero-order valence-corrected chi connectivity index (χ0v) is 19.5. The van der Waals surface area contributed by atoms with Crippen LogP contribution in [-0.2, 0) is 6.42 Å². The summed E-state index contributed by atoms with van der Waals surface area (Å²) in [6, 6.07) is 29.5. The summed E-state index contributed by atoms with van der Waals surface area (Å²) < 4.78 is 0. The Hall–Kier alpha value is -4.18. The van der Waals surface area contributed by atoms with Gasteiger partial charge in [-0.25, -0.2) is 4.98 Å². The van der Waals surface area contributed by atoms with E-state index in [1.807, 2.05) is 29.6 Å². The number of hydrazone groups is 1. The van der Waals surface area contributed by atoms with Gasteiger partial charge in [0.15, 0.2) is 0 Å². The fourth-order valence-electron chi connectivity index (χ4n) is 4.21. The van der Waals surface area contributed by atoms with Gasteiger partial charge >= 0.3 is 0 Å². The number of rotatable bonds is 6. The Morgan fingerprint density at radius 3 is 2.12 bits per heavy atom. The number of benzene rings is 3. The minimum atomic E-state index is 0.00269. The molecule has 5 rings (SSSR count). The van der Waals surface area contributed by atoms with E-state index < -0.39 is 0 Å². The molecule has 168 valence electrons.